The molecule has 0 fully saturated rings. The Morgan fingerprint density at radius 3 is 2.44 bits per heavy atom. The van der Waals surface area contributed by atoms with Crippen molar-refractivity contribution in [3.8, 4) is 11.4 Å². The first-order chi connectivity index (χ1) is 13.0. The maximum Gasteiger partial charge on any atom is 0.319 e. The van der Waals surface area contributed by atoms with Gasteiger partial charge in [-0.2, -0.15) is 8.78 Å². The lowest BCUT2D eigenvalue weighted by Crippen LogP contribution is -2.21. The molecule has 27 heavy (non-hydrogen) atoms. The van der Waals surface area contributed by atoms with Crippen LogP contribution in [0.1, 0.15) is 26.2 Å². The molecule has 6 nitrogen and oxygen atoms in total. The van der Waals surface area contributed by atoms with Crippen molar-refractivity contribution < 1.29 is 8.78 Å². The summed E-state index contributed by atoms with van der Waals surface area (Å²) in [5.41, 5.74) is 2.13. The summed E-state index contributed by atoms with van der Waals surface area (Å²) < 4.78 is 28.5. The molecule has 2 heterocycles. The van der Waals surface area contributed by atoms with E-state index in [1.165, 1.54) is 29.8 Å². The zero-order valence-corrected chi connectivity index (χ0v) is 16.3. The lowest BCUT2D eigenvalue weighted by molar-refractivity contribution is 0.0678. The summed E-state index contributed by atoms with van der Waals surface area (Å²) >= 11 is 1.33. The summed E-state index contributed by atoms with van der Waals surface area (Å²) in [7, 11) is 1.87. The minimum absolute atomic E-state index is 0.296. The van der Waals surface area contributed by atoms with Crippen LogP contribution in [0.2, 0.25) is 0 Å². The fourth-order valence-electron chi connectivity index (χ4n) is 2.86. The molecule has 0 radical (unpaired) electrons. The Morgan fingerprint density at radius 2 is 1.81 bits per heavy atom. The van der Waals surface area contributed by atoms with E-state index in [2.05, 4.69) is 46.1 Å². The van der Waals surface area contributed by atoms with E-state index in [4.69, 9.17) is 0 Å². The first kappa shape index (κ1) is 19.3. The third-order valence-electron chi connectivity index (χ3n) is 4.38. The van der Waals surface area contributed by atoms with E-state index >= 15 is 0 Å². The number of alkyl halides is 2. The monoisotopic (exact) mass is 392 g/mol. The average molecular weight is 392 g/mol. The molecule has 0 saturated heterocycles. The van der Waals surface area contributed by atoms with Gasteiger partial charge in [0.15, 0.2) is 11.0 Å². The zero-order valence-electron chi connectivity index (χ0n) is 15.5. The van der Waals surface area contributed by atoms with Crippen LogP contribution in [0, 0.1) is 0 Å². The van der Waals surface area contributed by atoms with Gasteiger partial charge in [0.05, 0.1) is 5.75 Å². The van der Waals surface area contributed by atoms with Crippen LogP contribution in [-0.2, 0) is 12.8 Å². The van der Waals surface area contributed by atoms with Gasteiger partial charge in [-0.15, -0.1) is 10.2 Å². The van der Waals surface area contributed by atoms with Gasteiger partial charge in [0.2, 0.25) is 0 Å². The predicted octanol–water partition coefficient (Wildman–Crippen LogP) is 4.21. The molecule has 0 unspecified atom stereocenters. The van der Waals surface area contributed by atoms with Crippen molar-refractivity contribution in [3.63, 3.8) is 0 Å². The van der Waals surface area contributed by atoms with Crippen LogP contribution in [0.4, 0.5) is 14.5 Å². The fraction of sp³-hybridized carbons (Fsp3) is 0.389. The van der Waals surface area contributed by atoms with E-state index in [-0.39, 0.29) is 0 Å². The van der Waals surface area contributed by atoms with Crippen LogP contribution in [0.15, 0.2) is 41.8 Å². The van der Waals surface area contributed by atoms with Gasteiger partial charge in [0.25, 0.3) is 0 Å². The summed E-state index contributed by atoms with van der Waals surface area (Å²) in [5, 5.41) is 9.11. The molecule has 2 aromatic heterocycles. The molecule has 0 bridgehead atoms. The van der Waals surface area contributed by atoms with Gasteiger partial charge in [-0.1, -0.05) is 11.8 Å². The third kappa shape index (κ3) is 4.13. The second-order valence-electron chi connectivity index (χ2n) is 5.90. The standard InChI is InChI=1S/C18H22F2N6S/c1-4-25(5-2)14-8-6-13(7-9-14)16-22-23-18(24(16)3)27-12-15-21-10-11-26(15)17(19)20/h6-11,17H,4-5,12H2,1-3H3. The van der Waals surface area contributed by atoms with E-state index in [9.17, 15) is 8.78 Å². The molecule has 0 amide bonds. The molecule has 0 aliphatic carbocycles. The molecular weight excluding hydrogens is 370 g/mol. The summed E-state index contributed by atoms with van der Waals surface area (Å²) in [5.74, 6) is 1.34. The fourth-order valence-corrected chi connectivity index (χ4v) is 3.73. The van der Waals surface area contributed by atoms with Crippen molar-refractivity contribution in [1.29, 1.82) is 0 Å². The maximum absolute atomic E-state index is 12.9. The second-order valence-corrected chi connectivity index (χ2v) is 6.84. The number of aromatic nitrogens is 5. The Kier molecular flexibility index (Phi) is 6.10. The van der Waals surface area contributed by atoms with Crippen LogP contribution < -0.4 is 4.90 Å². The minimum atomic E-state index is -2.59. The highest BCUT2D eigenvalue weighted by molar-refractivity contribution is 7.98. The smallest absolute Gasteiger partial charge is 0.319 e. The van der Waals surface area contributed by atoms with Crippen molar-refractivity contribution >= 4 is 17.4 Å². The lowest BCUT2D eigenvalue weighted by Gasteiger charge is -2.21. The van der Waals surface area contributed by atoms with Gasteiger partial charge in [-0.25, -0.2) is 4.98 Å². The highest BCUT2D eigenvalue weighted by Gasteiger charge is 2.15. The number of rotatable bonds is 8. The van der Waals surface area contributed by atoms with Crippen LogP contribution >= 0.6 is 11.8 Å². The van der Waals surface area contributed by atoms with Crippen molar-refractivity contribution in [3.05, 3.63) is 42.5 Å². The average Bonchev–Trinajstić information content (AvgIpc) is 3.28. The van der Waals surface area contributed by atoms with Gasteiger partial charge in [-0.05, 0) is 38.1 Å². The molecule has 0 spiro atoms. The summed E-state index contributed by atoms with van der Waals surface area (Å²) in [6.07, 6.45) is 2.65. The topological polar surface area (TPSA) is 51.8 Å². The Bertz CT molecular complexity index is 870. The number of hydrogen-bond acceptors (Lipinski definition) is 5. The van der Waals surface area contributed by atoms with Crippen LogP contribution in [0.3, 0.4) is 0 Å². The van der Waals surface area contributed by atoms with Crippen LogP contribution in [-0.4, -0.2) is 37.4 Å². The lowest BCUT2D eigenvalue weighted by atomic mass is 10.2. The van der Waals surface area contributed by atoms with Gasteiger partial charge in [0.1, 0.15) is 5.82 Å². The Balaban J connectivity index is 1.74. The van der Waals surface area contributed by atoms with Gasteiger partial charge in [0, 0.05) is 43.8 Å². The molecule has 0 aliphatic rings. The first-order valence-corrected chi connectivity index (χ1v) is 9.71. The van der Waals surface area contributed by atoms with Gasteiger partial charge < -0.3 is 9.47 Å². The van der Waals surface area contributed by atoms with Crippen molar-refractivity contribution in [2.24, 2.45) is 7.05 Å². The largest absolute Gasteiger partial charge is 0.372 e. The Labute approximate surface area is 161 Å². The SMILES string of the molecule is CCN(CC)c1ccc(-c2nnc(SCc3nccn3C(F)F)n2C)cc1. The Hall–Kier alpha value is -2.42. The summed E-state index contributed by atoms with van der Waals surface area (Å²) in [6, 6.07) is 8.19. The predicted molar refractivity (Wildman–Crippen MR) is 103 cm³/mol. The van der Waals surface area contributed by atoms with Crippen LogP contribution in [0.25, 0.3) is 11.4 Å². The number of thioether (sulfide) groups is 1. The first-order valence-electron chi connectivity index (χ1n) is 8.72. The van der Waals surface area contributed by atoms with E-state index < -0.39 is 6.55 Å². The Morgan fingerprint density at radius 1 is 1.11 bits per heavy atom. The molecule has 0 saturated carbocycles. The molecular formula is C18H22F2N6S. The van der Waals surface area contributed by atoms with E-state index in [0.717, 1.165) is 29.0 Å². The molecule has 144 valence electrons. The number of nitrogens with zero attached hydrogens (tertiary/aromatic N) is 6. The summed E-state index contributed by atoms with van der Waals surface area (Å²) in [4.78, 5) is 6.26. The number of hydrogen-bond donors (Lipinski definition) is 0. The van der Waals surface area contributed by atoms with Crippen molar-refractivity contribution in [1.82, 2.24) is 24.3 Å². The minimum Gasteiger partial charge on any atom is -0.372 e. The van der Waals surface area contributed by atoms with E-state index in [0.29, 0.717) is 16.7 Å². The molecule has 0 atom stereocenters. The highest BCUT2D eigenvalue weighted by atomic mass is 32.2. The molecule has 1 aromatic carbocycles. The molecule has 0 aliphatic heterocycles. The molecule has 0 N–H and O–H groups in total. The van der Waals surface area contributed by atoms with Crippen molar-refractivity contribution in [2.75, 3.05) is 18.0 Å². The third-order valence-corrected chi connectivity index (χ3v) is 5.39. The van der Waals surface area contributed by atoms with Crippen LogP contribution in [0.5, 0.6) is 0 Å². The molecule has 3 aromatic rings. The molecule has 9 heteroatoms. The maximum atomic E-state index is 12.9. The number of anilines is 1. The number of benzene rings is 1. The highest BCUT2D eigenvalue weighted by Crippen LogP contribution is 2.27. The quantitative estimate of drug-likeness (QED) is 0.538. The van der Waals surface area contributed by atoms with E-state index in [1.54, 1.807) is 0 Å². The number of imidazole rings is 1. The normalized spacial score (nSPS) is 11.3. The van der Waals surface area contributed by atoms with Crippen molar-refractivity contribution in [2.45, 2.75) is 31.3 Å². The number of halogens is 2. The molecule has 3 rings (SSSR count). The summed E-state index contributed by atoms with van der Waals surface area (Å²) in [6.45, 7) is 3.57. The van der Waals surface area contributed by atoms with Gasteiger partial charge in [-0.3, -0.25) is 4.57 Å². The van der Waals surface area contributed by atoms with E-state index in [1.807, 2.05) is 23.7 Å². The zero-order chi connectivity index (χ0) is 19.4. The second kappa shape index (κ2) is 8.51. The van der Waals surface area contributed by atoms with Gasteiger partial charge >= 0.3 is 6.55 Å².